The van der Waals surface area contributed by atoms with Gasteiger partial charge in [0.05, 0.1) is 25.4 Å². The van der Waals surface area contributed by atoms with Gasteiger partial charge in [0, 0.05) is 69.5 Å². The molecule has 0 radical (unpaired) electrons. The summed E-state index contributed by atoms with van der Waals surface area (Å²) < 4.78 is 115. The molecule has 3 heterocycles. The van der Waals surface area contributed by atoms with Crippen LogP contribution in [0.2, 0.25) is 0 Å². The maximum atomic E-state index is 15.4. The standard InChI is InChI=1S/C72H112F8N12O12/c1-12-42(3)59-67(102)86(7)41-57(95)88(9)52-25-15-14-19-34-92(66(52)101)54(38-43-26-29-46(30-27-43)71(75,76)77)65(100)85(6)40-55(93)81-49(31-28-44-36-47(73)58(48(74)37-44)72(78,79)80)63(98)91-35-20-18-24-51(91)62(97)83-70(32-21-33-70)69(104)90(11)60(45-22-16-17-23-45)68(103)89(10)53(64(99)84(4)5)39-56(94)87(8)50(13-2)61(96)82-59/h42-54,58-60H,12-41H2,1-11H3,(H,81,93)(H,82,96)(H,83,97)/t42-,43?,44?,46?,47?,48?,49-,50-,51-,52-,53-,54-,58?,59-,60-/m0/s1. The highest BCUT2D eigenvalue weighted by molar-refractivity contribution is 6.01. The van der Waals surface area contributed by atoms with E-state index in [4.69, 9.17) is 0 Å². The van der Waals surface area contributed by atoms with Gasteiger partial charge in [0.25, 0.3) is 0 Å². The molecule has 2 bridgehead atoms. The Kier molecular flexibility index (Phi) is 29.3. The molecule has 0 aromatic heterocycles. The molecule has 7 aliphatic rings. The SMILES string of the molecule is CC[C@H](C)[C@@H]1NC(=O)[C@H](CC)N(C)C(=O)C[C@@H](C(=O)N(C)C)N(C)C(=O)[C@H](C2CCCC2)N(C)C(=O)C2(CCC2)NC(=O)[C@@H]2CCCCN2C(=O)[C@H](CCC2CC(F)C(C(F)(F)F)C(F)C2)NC(=O)CN(C)C(=O)[C@H](CC2CCC(C(F)(F)F)CC2)N2CCCCC[C@@H](C2=O)N(C)C(=O)CN(C)C1=O. The molecule has 3 saturated heterocycles. The molecule has 2 unspecified atom stereocenters. The van der Waals surface area contributed by atoms with Gasteiger partial charge in [-0.15, -0.1) is 0 Å². The lowest BCUT2D eigenvalue weighted by molar-refractivity contribution is -0.219. The smallest absolute Gasteiger partial charge is 0.347 e. The van der Waals surface area contributed by atoms with Crippen molar-refractivity contribution in [2.24, 2.45) is 35.5 Å². The van der Waals surface area contributed by atoms with Crippen LogP contribution in [0, 0.1) is 35.5 Å². The number of hydrogen-bond acceptors (Lipinski definition) is 12. The molecule has 7 rings (SSSR count). The predicted molar refractivity (Wildman–Crippen MR) is 366 cm³/mol. The fourth-order valence-corrected chi connectivity index (χ4v) is 16.9. The van der Waals surface area contributed by atoms with E-state index in [0.29, 0.717) is 70.6 Å². The number of amides is 12. The van der Waals surface area contributed by atoms with Gasteiger partial charge in [-0.1, -0.05) is 52.9 Å². The normalized spacial score (nSPS) is 31.9. The maximum absolute atomic E-state index is 15.4. The van der Waals surface area contributed by atoms with E-state index in [0.717, 1.165) is 24.5 Å². The van der Waals surface area contributed by atoms with Crippen molar-refractivity contribution in [1.29, 1.82) is 0 Å². The van der Waals surface area contributed by atoms with Crippen molar-refractivity contribution in [3.63, 3.8) is 0 Å². The monoisotopic (exact) mass is 1490 g/mol. The molecule has 588 valence electrons. The lowest BCUT2D eigenvalue weighted by atomic mass is 9.74. The second-order valence-corrected chi connectivity index (χ2v) is 31.0. The Balaban J connectivity index is 1.29. The van der Waals surface area contributed by atoms with Crippen molar-refractivity contribution in [2.75, 3.05) is 82.6 Å². The second kappa shape index (κ2) is 36.1. The van der Waals surface area contributed by atoms with Gasteiger partial charge in [0.1, 0.15) is 72.1 Å². The molecule has 1 spiro atoms. The lowest BCUT2D eigenvalue weighted by Gasteiger charge is -2.47. The van der Waals surface area contributed by atoms with E-state index < -0.39 is 224 Å². The van der Waals surface area contributed by atoms with Gasteiger partial charge in [0.2, 0.25) is 70.9 Å². The average molecular weight is 1490 g/mol. The Morgan fingerprint density at radius 2 is 1.14 bits per heavy atom. The molecular weight excluding hydrogens is 1380 g/mol. The Morgan fingerprint density at radius 3 is 1.71 bits per heavy atom. The van der Waals surface area contributed by atoms with E-state index in [2.05, 4.69) is 16.0 Å². The summed E-state index contributed by atoms with van der Waals surface area (Å²) in [5.41, 5.74) is -1.64. The highest BCUT2D eigenvalue weighted by Crippen LogP contribution is 2.46. The van der Waals surface area contributed by atoms with E-state index in [1.165, 1.54) is 76.0 Å². The van der Waals surface area contributed by atoms with Crippen LogP contribution < -0.4 is 16.0 Å². The summed E-state index contributed by atoms with van der Waals surface area (Å²) in [6.07, 6.45) is -13.0. The fraction of sp³-hybridized carbons (Fsp3) is 0.833. The second-order valence-electron chi connectivity index (χ2n) is 31.0. The first kappa shape index (κ1) is 84.3. The van der Waals surface area contributed by atoms with Crippen molar-refractivity contribution in [1.82, 2.24) is 60.0 Å². The van der Waals surface area contributed by atoms with E-state index in [-0.39, 0.29) is 83.7 Å². The van der Waals surface area contributed by atoms with Crippen molar-refractivity contribution < 1.29 is 92.7 Å². The maximum Gasteiger partial charge on any atom is 0.397 e. The number of piperidine rings is 1. The lowest BCUT2D eigenvalue weighted by Crippen LogP contribution is -2.69. The summed E-state index contributed by atoms with van der Waals surface area (Å²) in [5, 5.41) is 8.40. The third kappa shape index (κ3) is 20.0. The third-order valence-electron chi connectivity index (χ3n) is 23.8. The number of hydrogen-bond donors (Lipinski definition) is 3. The number of nitrogens with zero attached hydrogens (tertiary/aromatic N) is 9. The first-order valence-electron chi connectivity index (χ1n) is 37.5. The molecule has 11 atom stereocenters. The number of rotatable bonds is 10. The molecule has 4 saturated carbocycles. The number of carbonyl (C=O) groups is 12. The zero-order valence-electron chi connectivity index (χ0n) is 62.4. The van der Waals surface area contributed by atoms with Crippen LogP contribution in [0.15, 0.2) is 0 Å². The van der Waals surface area contributed by atoms with Gasteiger partial charge in [-0.3, -0.25) is 57.5 Å². The summed E-state index contributed by atoms with van der Waals surface area (Å²) in [4.78, 5) is 190. The summed E-state index contributed by atoms with van der Waals surface area (Å²) in [7, 11) is 10.9. The number of alkyl halides is 8. The highest BCUT2D eigenvalue weighted by Gasteiger charge is 2.56. The molecular formula is C72H112F8N12O12. The van der Waals surface area contributed by atoms with Crippen LogP contribution in [0.25, 0.3) is 0 Å². The fourth-order valence-electron chi connectivity index (χ4n) is 16.9. The van der Waals surface area contributed by atoms with Gasteiger partial charge in [0.15, 0.2) is 0 Å². The average Bonchev–Trinajstić information content (AvgIpc) is 0.943. The van der Waals surface area contributed by atoms with Crippen LogP contribution in [0.5, 0.6) is 0 Å². The van der Waals surface area contributed by atoms with E-state index in [1.54, 1.807) is 20.8 Å². The Hall–Kier alpha value is -6.92. The summed E-state index contributed by atoms with van der Waals surface area (Å²) >= 11 is 0. The molecule has 3 aliphatic heterocycles. The van der Waals surface area contributed by atoms with Crippen molar-refractivity contribution in [3.05, 3.63) is 0 Å². The van der Waals surface area contributed by atoms with Crippen LogP contribution in [0.4, 0.5) is 35.1 Å². The van der Waals surface area contributed by atoms with E-state index >= 15 is 37.5 Å². The Morgan fingerprint density at radius 1 is 0.567 bits per heavy atom. The van der Waals surface area contributed by atoms with Crippen LogP contribution in [-0.4, -0.2) is 276 Å². The van der Waals surface area contributed by atoms with Crippen molar-refractivity contribution in [3.8, 4) is 0 Å². The predicted octanol–water partition coefficient (Wildman–Crippen LogP) is 6.31. The zero-order valence-corrected chi connectivity index (χ0v) is 62.4. The largest absolute Gasteiger partial charge is 0.397 e. The Labute approximate surface area is 605 Å². The summed E-state index contributed by atoms with van der Waals surface area (Å²) in [6.45, 7) is 3.50. The minimum absolute atomic E-state index is 0.00972. The molecule has 0 aromatic rings. The Bertz CT molecular complexity index is 3060. The summed E-state index contributed by atoms with van der Waals surface area (Å²) in [5.74, 6) is -16.2. The van der Waals surface area contributed by atoms with Gasteiger partial charge in [-0.05, 0) is 152 Å². The molecule has 12 amide bonds. The first-order chi connectivity index (χ1) is 48.8. The quantitative estimate of drug-likeness (QED) is 0.203. The van der Waals surface area contributed by atoms with Gasteiger partial charge in [-0.2, -0.15) is 26.3 Å². The zero-order chi connectivity index (χ0) is 77.2. The van der Waals surface area contributed by atoms with Crippen LogP contribution >= 0.6 is 0 Å². The van der Waals surface area contributed by atoms with Crippen molar-refractivity contribution in [2.45, 2.75) is 266 Å². The minimum atomic E-state index is -5.20. The van der Waals surface area contributed by atoms with Crippen LogP contribution in [0.1, 0.15) is 188 Å². The number of likely N-dealkylation sites (N-methyl/N-ethyl adjacent to an activating group) is 7. The molecule has 3 N–H and O–H groups in total. The number of carbonyl (C=O) groups excluding carboxylic acids is 12. The van der Waals surface area contributed by atoms with Gasteiger partial charge in [-0.25, -0.2) is 8.78 Å². The first-order valence-corrected chi connectivity index (χ1v) is 37.5. The molecule has 4 aliphatic carbocycles. The minimum Gasteiger partial charge on any atom is -0.347 e. The van der Waals surface area contributed by atoms with Gasteiger partial charge >= 0.3 is 12.4 Å². The molecule has 24 nitrogen and oxygen atoms in total. The topological polar surface area (TPSA) is 270 Å². The summed E-state index contributed by atoms with van der Waals surface area (Å²) in [6, 6.07) is -10.9. The number of nitrogens with one attached hydrogen (secondary N) is 3. The van der Waals surface area contributed by atoms with Gasteiger partial charge < -0.3 is 60.0 Å². The number of halogens is 8. The molecule has 0 aromatic carbocycles. The van der Waals surface area contributed by atoms with Crippen molar-refractivity contribution >= 4 is 70.9 Å². The van der Waals surface area contributed by atoms with E-state index in [9.17, 15) is 55.1 Å². The van der Waals surface area contributed by atoms with Crippen LogP contribution in [-0.2, 0) is 57.5 Å². The van der Waals surface area contributed by atoms with E-state index in [1.807, 2.05) is 0 Å². The molecule has 32 heteroatoms. The van der Waals surface area contributed by atoms with Crippen LogP contribution in [0.3, 0.4) is 0 Å². The number of fused-ring (bicyclic) bond motifs is 3. The third-order valence-corrected chi connectivity index (χ3v) is 23.8. The highest BCUT2D eigenvalue weighted by atomic mass is 19.4. The molecule has 7 fully saturated rings. The molecule has 104 heavy (non-hydrogen) atoms.